The SMILES string of the molecule is O=C(O)c1cc(O)c2c(c1)C(=O)c1c([C@H]3O[C@H](CO)[C@@H](O)[C@@H](O)[C@H]3O)ccc(O)c1C2=O. The maximum absolute atomic E-state index is 13.3. The third-order valence-electron chi connectivity index (χ3n) is 5.70. The molecule has 1 aliphatic carbocycles. The van der Waals surface area contributed by atoms with Crippen LogP contribution < -0.4 is 0 Å². The molecule has 0 bridgehead atoms. The summed E-state index contributed by atoms with van der Waals surface area (Å²) < 4.78 is 5.48. The van der Waals surface area contributed by atoms with Crippen LogP contribution in [0.2, 0.25) is 0 Å². The van der Waals surface area contributed by atoms with Crippen LogP contribution in [0.15, 0.2) is 24.3 Å². The minimum atomic E-state index is -1.77. The van der Waals surface area contributed by atoms with E-state index >= 15 is 0 Å². The zero-order valence-corrected chi connectivity index (χ0v) is 16.2. The minimum absolute atomic E-state index is 0.140. The number of ether oxygens (including phenoxy) is 1. The lowest BCUT2D eigenvalue weighted by atomic mass is 9.78. The summed E-state index contributed by atoms with van der Waals surface area (Å²) in [5.41, 5.74) is -2.45. The zero-order valence-electron chi connectivity index (χ0n) is 16.2. The Bertz CT molecular complexity index is 1150. The summed E-state index contributed by atoms with van der Waals surface area (Å²) in [7, 11) is 0. The van der Waals surface area contributed by atoms with Crippen molar-refractivity contribution in [1.29, 1.82) is 0 Å². The number of phenolic OH excluding ortho intramolecular Hbond substituents is 2. The summed E-state index contributed by atoms with van der Waals surface area (Å²) in [5.74, 6) is -4.73. The van der Waals surface area contributed by atoms with Crippen molar-refractivity contribution in [3.8, 4) is 11.5 Å². The fourth-order valence-electron chi connectivity index (χ4n) is 4.11. The number of phenols is 2. The van der Waals surface area contributed by atoms with E-state index in [2.05, 4.69) is 0 Å². The fraction of sp³-hybridized carbons (Fsp3) is 0.286. The largest absolute Gasteiger partial charge is 0.507 e. The Morgan fingerprint density at radius 2 is 1.56 bits per heavy atom. The van der Waals surface area contributed by atoms with Crippen molar-refractivity contribution >= 4 is 17.5 Å². The predicted octanol–water partition coefficient (Wildman–Crippen LogP) is -0.914. The van der Waals surface area contributed by atoms with Gasteiger partial charge in [0, 0.05) is 11.1 Å². The van der Waals surface area contributed by atoms with Crippen molar-refractivity contribution in [3.05, 3.63) is 57.6 Å². The number of aromatic carboxylic acids is 1. The second kappa shape index (κ2) is 7.65. The molecule has 0 amide bonds. The van der Waals surface area contributed by atoms with Crippen molar-refractivity contribution in [2.24, 2.45) is 0 Å². The molecule has 2 aromatic carbocycles. The summed E-state index contributed by atoms with van der Waals surface area (Å²) in [6, 6.07) is 3.92. The highest BCUT2D eigenvalue weighted by Crippen LogP contribution is 2.43. The number of rotatable bonds is 3. The number of benzene rings is 2. The van der Waals surface area contributed by atoms with E-state index in [0.717, 1.165) is 24.3 Å². The van der Waals surface area contributed by atoms with Crippen LogP contribution in [0.3, 0.4) is 0 Å². The van der Waals surface area contributed by atoms with Crippen molar-refractivity contribution in [3.63, 3.8) is 0 Å². The Morgan fingerprint density at radius 3 is 2.19 bits per heavy atom. The van der Waals surface area contributed by atoms with Gasteiger partial charge in [0.05, 0.1) is 23.3 Å². The first-order valence-electron chi connectivity index (χ1n) is 9.44. The lowest BCUT2D eigenvalue weighted by molar-refractivity contribution is -0.231. The summed E-state index contributed by atoms with van der Waals surface area (Å²) in [5, 5.41) is 69.7. The molecule has 11 heteroatoms. The molecule has 7 N–H and O–H groups in total. The molecule has 1 aliphatic heterocycles. The molecule has 0 radical (unpaired) electrons. The quantitative estimate of drug-likeness (QED) is 0.262. The second-order valence-corrected chi connectivity index (χ2v) is 7.55. The van der Waals surface area contributed by atoms with Crippen molar-refractivity contribution in [1.82, 2.24) is 0 Å². The number of hydrogen-bond donors (Lipinski definition) is 7. The Labute approximate surface area is 179 Å². The predicted molar refractivity (Wildman–Crippen MR) is 103 cm³/mol. The molecule has 5 atom stereocenters. The van der Waals surface area contributed by atoms with E-state index in [0.29, 0.717) is 0 Å². The highest BCUT2D eigenvalue weighted by Gasteiger charge is 2.47. The average molecular weight is 446 g/mol. The Hall–Kier alpha value is -3.35. The van der Waals surface area contributed by atoms with Crippen LogP contribution in [-0.4, -0.2) is 84.3 Å². The van der Waals surface area contributed by atoms with Crippen molar-refractivity contribution in [2.75, 3.05) is 6.61 Å². The molecule has 0 saturated carbocycles. The van der Waals surface area contributed by atoms with E-state index in [1.165, 1.54) is 0 Å². The number of hydrogen-bond acceptors (Lipinski definition) is 10. The van der Waals surface area contributed by atoms with Crippen LogP contribution in [0.1, 0.15) is 53.9 Å². The average Bonchev–Trinajstić information content (AvgIpc) is 2.75. The summed E-state index contributed by atoms with van der Waals surface area (Å²) in [4.78, 5) is 37.8. The Balaban J connectivity index is 1.93. The van der Waals surface area contributed by atoms with Crippen LogP contribution in [0, 0.1) is 0 Å². The number of carboxylic acids is 1. The van der Waals surface area contributed by atoms with Gasteiger partial charge in [-0.3, -0.25) is 9.59 Å². The lowest BCUT2D eigenvalue weighted by Crippen LogP contribution is -2.55. The van der Waals surface area contributed by atoms with E-state index in [4.69, 9.17) is 4.74 Å². The van der Waals surface area contributed by atoms with Gasteiger partial charge in [-0.25, -0.2) is 4.79 Å². The van der Waals surface area contributed by atoms with E-state index in [1.54, 1.807) is 0 Å². The van der Waals surface area contributed by atoms with E-state index in [-0.39, 0.29) is 5.56 Å². The fourth-order valence-corrected chi connectivity index (χ4v) is 4.11. The minimum Gasteiger partial charge on any atom is -0.507 e. The van der Waals surface area contributed by atoms with Gasteiger partial charge < -0.3 is 40.5 Å². The molecule has 4 rings (SSSR count). The van der Waals surface area contributed by atoms with Crippen LogP contribution >= 0.6 is 0 Å². The van der Waals surface area contributed by atoms with Crippen LogP contribution in [0.5, 0.6) is 11.5 Å². The summed E-state index contributed by atoms with van der Waals surface area (Å²) in [6.45, 7) is -0.729. The van der Waals surface area contributed by atoms with Gasteiger partial charge in [-0.2, -0.15) is 0 Å². The van der Waals surface area contributed by atoms with Crippen LogP contribution in [0.4, 0.5) is 0 Å². The molecule has 1 fully saturated rings. The van der Waals surface area contributed by atoms with Gasteiger partial charge in [0.2, 0.25) is 5.78 Å². The maximum atomic E-state index is 13.3. The molecule has 1 heterocycles. The molecular weight excluding hydrogens is 428 g/mol. The van der Waals surface area contributed by atoms with E-state index in [9.17, 15) is 50.1 Å². The second-order valence-electron chi connectivity index (χ2n) is 7.55. The molecule has 2 aliphatic rings. The van der Waals surface area contributed by atoms with Gasteiger partial charge in [-0.15, -0.1) is 0 Å². The topological polar surface area (TPSA) is 202 Å². The molecule has 32 heavy (non-hydrogen) atoms. The van der Waals surface area contributed by atoms with Crippen LogP contribution in [-0.2, 0) is 4.74 Å². The Kier molecular flexibility index (Phi) is 5.23. The zero-order chi connectivity index (χ0) is 23.5. The number of aliphatic hydroxyl groups excluding tert-OH is 4. The lowest BCUT2D eigenvalue weighted by Gasteiger charge is -2.41. The first-order chi connectivity index (χ1) is 15.1. The number of aromatic hydroxyl groups is 2. The summed E-state index contributed by atoms with van der Waals surface area (Å²) in [6.07, 6.45) is -7.99. The standard InChI is InChI=1S/C21H18O11/c22-5-11-16(26)18(28)19(29)20(32-11)7-1-2-9(23)14-13(7)15(25)8-3-6(21(30)31)4-10(24)12(8)17(14)27/h1-4,11,16,18-20,22-24,26,28-29H,5H2,(H,30,31)/t11-,16-,18-,19-,20-/m1/s1. The number of ketones is 2. The van der Waals surface area contributed by atoms with E-state index in [1.807, 2.05) is 0 Å². The first kappa shape index (κ1) is 21.9. The smallest absolute Gasteiger partial charge is 0.335 e. The number of fused-ring (bicyclic) bond motifs is 2. The number of carbonyl (C=O) groups excluding carboxylic acids is 2. The molecule has 2 aromatic rings. The first-order valence-corrected chi connectivity index (χ1v) is 9.44. The summed E-state index contributed by atoms with van der Waals surface area (Å²) >= 11 is 0. The highest BCUT2D eigenvalue weighted by atomic mass is 16.5. The van der Waals surface area contributed by atoms with Crippen molar-refractivity contribution in [2.45, 2.75) is 30.5 Å². The highest BCUT2D eigenvalue weighted by molar-refractivity contribution is 6.31. The molecule has 1 saturated heterocycles. The van der Waals surface area contributed by atoms with Gasteiger partial charge in [-0.05, 0) is 23.8 Å². The number of carbonyl (C=O) groups is 3. The third kappa shape index (κ3) is 3.06. The van der Waals surface area contributed by atoms with Gasteiger partial charge in [0.1, 0.15) is 42.0 Å². The van der Waals surface area contributed by atoms with E-state index < -0.39 is 94.0 Å². The van der Waals surface area contributed by atoms with Gasteiger partial charge in [-0.1, -0.05) is 6.07 Å². The van der Waals surface area contributed by atoms with Crippen LogP contribution in [0.25, 0.3) is 0 Å². The number of aliphatic hydroxyl groups is 4. The Morgan fingerprint density at radius 1 is 0.875 bits per heavy atom. The molecule has 0 aromatic heterocycles. The molecule has 11 nitrogen and oxygen atoms in total. The van der Waals surface area contributed by atoms with Gasteiger partial charge >= 0.3 is 5.97 Å². The monoisotopic (exact) mass is 446 g/mol. The number of carboxylic acid groups (broad SMARTS) is 1. The molecule has 168 valence electrons. The molecular formula is C21H18O11. The maximum Gasteiger partial charge on any atom is 0.335 e. The molecule has 0 unspecified atom stereocenters. The molecule has 0 spiro atoms. The van der Waals surface area contributed by atoms with Gasteiger partial charge in [0.15, 0.2) is 5.78 Å². The van der Waals surface area contributed by atoms with Gasteiger partial charge in [0.25, 0.3) is 0 Å². The van der Waals surface area contributed by atoms with Crippen molar-refractivity contribution < 1.29 is 54.9 Å². The normalized spacial score (nSPS) is 27.1. The third-order valence-corrected chi connectivity index (χ3v) is 5.70.